The van der Waals surface area contributed by atoms with Gasteiger partial charge in [0.25, 0.3) is 0 Å². The van der Waals surface area contributed by atoms with Gasteiger partial charge in [-0.3, -0.25) is 4.79 Å². The van der Waals surface area contributed by atoms with Gasteiger partial charge in [0, 0.05) is 32.5 Å². The Morgan fingerprint density at radius 1 is 1.21 bits per heavy atom. The van der Waals surface area contributed by atoms with Gasteiger partial charge in [-0.1, -0.05) is 17.7 Å². The maximum atomic E-state index is 13.0. The average molecular weight is 639 g/mol. The number of hydrogen-bond acceptors (Lipinski definition) is 9. The molecule has 2 amide bonds. The number of aryl methyl sites for hydroxylation is 1. The molecule has 0 saturated carbocycles. The molecule has 2 aromatic rings. The van der Waals surface area contributed by atoms with Gasteiger partial charge < -0.3 is 24.7 Å². The van der Waals surface area contributed by atoms with E-state index < -0.39 is 39.9 Å². The molecule has 42 heavy (non-hydrogen) atoms. The second kappa shape index (κ2) is 14.7. The molecule has 1 aromatic heterocycles. The molecule has 12 nitrogen and oxygen atoms in total. The van der Waals surface area contributed by atoms with Crippen LogP contribution >= 0.6 is 11.6 Å². The van der Waals surface area contributed by atoms with Crippen LogP contribution in [0, 0.1) is 5.92 Å². The number of carbonyl (C=O) groups is 2. The first-order chi connectivity index (χ1) is 19.8. The minimum atomic E-state index is -4.64. The molecule has 1 saturated heterocycles. The van der Waals surface area contributed by atoms with Crippen molar-refractivity contribution in [2.75, 3.05) is 40.0 Å². The second-order valence-corrected chi connectivity index (χ2v) is 11.2. The highest BCUT2D eigenvalue weighted by Gasteiger charge is 2.33. The van der Waals surface area contributed by atoms with Crippen molar-refractivity contribution in [3.63, 3.8) is 0 Å². The summed E-state index contributed by atoms with van der Waals surface area (Å²) in [5, 5.41) is -0.362. The number of aromatic nitrogens is 1. The van der Waals surface area contributed by atoms with Crippen molar-refractivity contribution in [3.05, 3.63) is 46.6 Å². The summed E-state index contributed by atoms with van der Waals surface area (Å²) in [5.74, 6) is -0.970. The zero-order chi connectivity index (χ0) is 30.9. The molecule has 1 aromatic carbocycles. The number of nitrogens with zero attached hydrogens (tertiary/aromatic N) is 2. The monoisotopic (exact) mass is 638 g/mol. The van der Waals surface area contributed by atoms with Crippen LogP contribution in [0.1, 0.15) is 30.4 Å². The number of hydrogen-bond donors (Lipinski definition) is 2. The van der Waals surface area contributed by atoms with Crippen LogP contribution in [0.4, 0.5) is 18.0 Å². The summed E-state index contributed by atoms with van der Waals surface area (Å²) < 4.78 is 88.0. The SMILES string of the molecule is COCCOc1ccc(CCCOC(=O)NS(=O)(=O)N2CCCC(C(N)=O)C2)c(Oc2ncc(C(F)(F)F)cc2Cl)c1. The maximum Gasteiger partial charge on any atom is 0.421 e. The number of alkyl halides is 3. The van der Waals surface area contributed by atoms with Crippen molar-refractivity contribution in [1.29, 1.82) is 0 Å². The Hall–Kier alpha value is -3.34. The fourth-order valence-electron chi connectivity index (χ4n) is 3.95. The lowest BCUT2D eigenvalue weighted by atomic mass is 9.99. The molecule has 0 bridgehead atoms. The van der Waals surface area contributed by atoms with E-state index in [1.54, 1.807) is 12.1 Å². The van der Waals surface area contributed by atoms with Gasteiger partial charge in [0.2, 0.25) is 11.8 Å². The van der Waals surface area contributed by atoms with Gasteiger partial charge in [-0.15, -0.1) is 0 Å². The minimum Gasteiger partial charge on any atom is -0.491 e. The van der Waals surface area contributed by atoms with E-state index in [9.17, 15) is 31.2 Å². The Morgan fingerprint density at radius 2 is 1.98 bits per heavy atom. The predicted octanol–water partition coefficient (Wildman–Crippen LogP) is 3.67. The number of piperidine rings is 1. The Kier molecular flexibility index (Phi) is 11.6. The molecule has 0 radical (unpaired) electrons. The zero-order valence-electron chi connectivity index (χ0n) is 22.5. The van der Waals surface area contributed by atoms with Crippen molar-refractivity contribution < 1.29 is 50.1 Å². The number of nitrogens with one attached hydrogen (secondary N) is 1. The van der Waals surface area contributed by atoms with Gasteiger partial charge >= 0.3 is 22.5 Å². The fraction of sp³-hybridized carbons (Fsp3) is 0.480. The molecule has 3 N–H and O–H groups in total. The van der Waals surface area contributed by atoms with Crippen molar-refractivity contribution in [3.8, 4) is 17.4 Å². The Balaban J connectivity index is 1.62. The number of nitrogens with two attached hydrogens (primary N) is 1. The highest BCUT2D eigenvalue weighted by atomic mass is 35.5. The van der Waals surface area contributed by atoms with Crippen LogP contribution in [0.25, 0.3) is 0 Å². The predicted molar refractivity (Wildman–Crippen MR) is 143 cm³/mol. The molecular weight excluding hydrogens is 609 g/mol. The maximum absolute atomic E-state index is 13.0. The van der Waals surface area contributed by atoms with Crippen molar-refractivity contribution in [2.45, 2.75) is 31.9 Å². The number of benzene rings is 1. The van der Waals surface area contributed by atoms with Gasteiger partial charge in [0.15, 0.2) is 0 Å². The fourth-order valence-corrected chi connectivity index (χ4v) is 5.30. The average Bonchev–Trinajstić information content (AvgIpc) is 2.92. The van der Waals surface area contributed by atoms with E-state index in [-0.39, 0.29) is 55.8 Å². The second-order valence-electron chi connectivity index (χ2n) is 9.17. The summed E-state index contributed by atoms with van der Waals surface area (Å²) in [4.78, 5) is 27.3. The summed E-state index contributed by atoms with van der Waals surface area (Å²) in [6.45, 7) is 0.335. The highest BCUT2D eigenvalue weighted by Crippen LogP contribution is 2.36. The van der Waals surface area contributed by atoms with Crippen LogP contribution < -0.4 is 19.9 Å². The van der Waals surface area contributed by atoms with Crippen LogP contribution in [0.5, 0.6) is 17.4 Å². The minimum absolute atomic E-state index is 0.123. The number of carbonyl (C=O) groups excluding carboxylic acids is 2. The van der Waals surface area contributed by atoms with Crippen LogP contribution in [-0.2, 0) is 37.1 Å². The number of pyridine rings is 1. The number of primary amides is 1. The lowest BCUT2D eigenvalue weighted by molar-refractivity contribution is -0.137. The quantitative estimate of drug-likeness (QED) is 0.312. The molecule has 0 aliphatic carbocycles. The summed E-state index contributed by atoms with van der Waals surface area (Å²) in [6.07, 6.45) is -3.90. The first kappa shape index (κ1) is 33.2. The molecule has 2 heterocycles. The van der Waals surface area contributed by atoms with Gasteiger partial charge in [0.1, 0.15) is 23.1 Å². The number of amides is 2. The Labute approximate surface area is 245 Å². The van der Waals surface area contributed by atoms with Crippen LogP contribution in [0.15, 0.2) is 30.5 Å². The summed E-state index contributed by atoms with van der Waals surface area (Å²) in [5.41, 5.74) is 4.79. The summed E-state index contributed by atoms with van der Waals surface area (Å²) >= 11 is 6.00. The molecule has 0 spiro atoms. The highest BCUT2D eigenvalue weighted by molar-refractivity contribution is 7.87. The van der Waals surface area contributed by atoms with E-state index in [0.29, 0.717) is 43.0 Å². The normalized spacial score (nSPS) is 16.1. The zero-order valence-corrected chi connectivity index (χ0v) is 24.1. The topological polar surface area (TPSA) is 159 Å². The van der Waals surface area contributed by atoms with Gasteiger partial charge in [-0.2, -0.15) is 25.9 Å². The Morgan fingerprint density at radius 3 is 2.64 bits per heavy atom. The van der Waals surface area contributed by atoms with Crippen molar-refractivity contribution in [2.24, 2.45) is 11.7 Å². The molecule has 232 valence electrons. The van der Waals surface area contributed by atoms with Crippen LogP contribution in [0.3, 0.4) is 0 Å². The molecule has 1 atom stereocenters. The Bertz CT molecular complexity index is 1360. The van der Waals surface area contributed by atoms with E-state index in [2.05, 4.69) is 4.98 Å². The third kappa shape index (κ3) is 9.61. The molecular formula is C25H30ClF3N4O8S. The van der Waals surface area contributed by atoms with E-state index in [0.717, 1.165) is 4.31 Å². The lowest BCUT2D eigenvalue weighted by Crippen LogP contribution is -2.49. The summed E-state index contributed by atoms with van der Waals surface area (Å²) in [6, 6.07) is 5.48. The smallest absolute Gasteiger partial charge is 0.421 e. The molecule has 1 unspecified atom stereocenters. The lowest BCUT2D eigenvalue weighted by Gasteiger charge is -2.29. The standard InChI is InChI=1S/C25H30ClF3N4O8S/c1-38-10-11-39-19-7-6-16(21(13-19)41-23-20(26)12-18(14-31-23)25(27,28)29)5-3-9-40-24(35)32-42(36,37)33-8-2-4-17(15-33)22(30)34/h6-7,12-14,17H,2-5,8-11,15H2,1H3,(H2,30,34)(H,32,35). The third-order valence-electron chi connectivity index (χ3n) is 6.10. The summed E-state index contributed by atoms with van der Waals surface area (Å²) in [7, 11) is -2.74. The molecule has 3 rings (SSSR count). The first-order valence-corrected chi connectivity index (χ1v) is 14.5. The molecule has 1 fully saturated rings. The van der Waals surface area contributed by atoms with Gasteiger partial charge in [-0.05, 0) is 43.4 Å². The van der Waals surface area contributed by atoms with E-state index >= 15 is 0 Å². The van der Waals surface area contributed by atoms with E-state index in [4.69, 9.17) is 36.3 Å². The van der Waals surface area contributed by atoms with Crippen LogP contribution in [-0.4, -0.2) is 69.7 Å². The number of rotatable bonds is 13. The van der Waals surface area contributed by atoms with Crippen LogP contribution in [0.2, 0.25) is 5.02 Å². The van der Waals surface area contributed by atoms with Crippen molar-refractivity contribution >= 4 is 33.8 Å². The molecule has 1 aliphatic heterocycles. The molecule has 17 heteroatoms. The van der Waals surface area contributed by atoms with Gasteiger partial charge in [-0.25, -0.2) is 14.5 Å². The van der Waals surface area contributed by atoms with E-state index in [1.165, 1.54) is 13.2 Å². The third-order valence-corrected chi connectivity index (χ3v) is 7.81. The number of halogens is 4. The number of methoxy groups -OCH3 is 1. The number of ether oxygens (including phenoxy) is 4. The first-order valence-electron chi connectivity index (χ1n) is 12.7. The van der Waals surface area contributed by atoms with E-state index in [1.807, 2.05) is 4.72 Å². The largest absolute Gasteiger partial charge is 0.491 e. The van der Waals surface area contributed by atoms with Crippen molar-refractivity contribution in [1.82, 2.24) is 14.0 Å². The molecule has 1 aliphatic rings. The van der Waals surface area contributed by atoms with Gasteiger partial charge in [0.05, 0.1) is 24.7 Å².